The molecule has 0 aliphatic carbocycles. The van der Waals surface area contributed by atoms with E-state index in [1.54, 1.807) is 0 Å². The number of thioether (sulfide) groups is 1. The third-order valence-electron chi connectivity index (χ3n) is 3.61. The summed E-state index contributed by atoms with van der Waals surface area (Å²) in [5.74, 6) is 1.15. The van der Waals surface area contributed by atoms with Gasteiger partial charge in [0.15, 0.2) is 0 Å². The number of rotatable bonds is 8. The smallest absolute Gasteiger partial charge is 0.0686 e. The van der Waals surface area contributed by atoms with Crippen molar-refractivity contribution >= 4 is 17.4 Å². The van der Waals surface area contributed by atoms with Crippen molar-refractivity contribution in [2.24, 2.45) is 0 Å². The van der Waals surface area contributed by atoms with Gasteiger partial charge in [0.2, 0.25) is 0 Å². The van der Waals surface area contributed by atoms with Crippen molar-refractivity contribution < 1.29 is 0 Å². The molecule has 0 unspecified atom stereocenters. The summed E-state index contributed by atoms with van der Waals surface area (Å²) in [7, 11) is 0. The molecule has 18 heavy (non-hydrogen) atoms. The summed E-state index contributed by atoms with van der Waals surface area (Å²) in [5, 5.41) is 0. The van der Waals surface area contributed by atoms with Gasteiger partial charge in [-0.2, -0.15) is 0 Å². The summed E-state index contributed by atoms with van der Waals surface area (Å²) in [6, 6.07) is 8.80. The van der Waals surface area contributed by atoms with E-state index in [0.717, 1.165) is 5.88 Å². The largest absolute Gasteiger partial charge is 0.361 e. The van der Waals surface area contributed by atoms with E-state index in [1.807, 2.05) is 11.8 Å². The molecule has 0 amide bonds. The first-order valence-corrected chi connectivity index (χ1v) is 8.37. The van der Waals surface area contributed by atoms with E-state index in [1.165, 1.54) is 62.1 Å². The monoisotopic (exact) mass is 263 g/mol. The highest BCUT2D eigenvalue weighted by molar-refractivity contribution is 7.99. The van der Waals surface area contributed by atoms with E-state index in [4.69, 9.17) is 0 Å². The number of hydrogen-bond donors (Lipinski definition) is 0. The first-order valence-electron chi connectivity index (χ1n) is 7.38. The third kappa shape index (κ3) is 3.94. The summed E-state index contributed by atoms with van der Waals surface area (Å²) in [5.41, 5.74) is 1.45. The summed E-state index contributed by atoms with van der Waals surface area (Å²) in [6.07, 6.45) is 9.78. The van der Waals surface area contributed by atoms with Crippen molar-refractivity contribution in [1.82, 2.24) is 0 Å². The molecule has 0 spiro atoms. The molecule has 2 rings (SSSR count). The molecule has 0 saturated carbocycles. The second-order valence-corrected chi connectivity index (χ2v) is 6.11. The maximum Gasteiger partial charge on any atom is 0.0686 e. The number of fused-ring (bicyclic) bond motifs is 1. The van der Waals surface area contributed by atoms with E-state index >= 15 is 0 Å². The van der Waals surface area contributed by atoms with Crippen LogP contribution in [0.25, 0.3) is 0 Å². The van der Waals surface area contributed by atoms with Gasteiger partial charge in [-0.15, -0.1) is 11.8 Å². The van der Waals surface area contributed by atoms with Gasteiger partial charge in [-0.1, -0.05) is 57.6 Å². The Morgan fingerprint density at radius 2 is 1.72 bits per heavy atom. The third-order valence-corrected chi connectivity index (χ3v) is 4.71. The minimum atomic E-state index is 1.15. The van der Waals surface area contributed by atoms with Crippen LogP contribution in [0.15, 0.2) is 29.2 Å². The maximum absolute atomic E-state index is 2.53. The zero-order chi connectivity index (χ0) is 12.6. The Morgan fingerprint density at radius 3 is 2.56 bits per heavy atom. The molecular weight excluding hydrogens is 238 g/mol. The molecule has 100 valence electrons. The molecule has 0 saturated heterocycles. The standard InChI is InChI=1S/C16H25NS/c1-2-3-4-5-6-7-10-13-17-14-18-16-12-9-8-11-15(16)17/h8-9,11-12H,2-7,10,13-14H2,1H3. The van der Waals surface area contributed by atoms with Crippen LogP contribution in [0.1, 0.15) is 51.9 Å². The fourth-order valence-electron chi connectivity index (χ4n) is 2.50. The summed E-state index contributed by atoms with van der Waals surface area (Å²) < 4.78 is 0. The van der Waals surface area contributed by atoms with Gasteiger partial charge in [0.25, 0.3) is 0 Å². The number of benzene rings is 1. The molecule has 1 aliphatic heterocycles. The molecule has 1 nitrogen and oxygen atoms in total. The van der Waals surface area contributed by atoms with Crippen molar-refractivity contribution in [2.75, 3.05) is 17.3 Å². The molecule has 1 aliphatic rings. The number of nitrogens with zero attached hydrogens (tertiary/aromatic N) is 1. The van der Waals surface area contributed by atoms with Crippen LogP contribution in [0.3, 0.4) is 0 Å². The van der Waals surface area contributed by atoms with Crippen molar-refractivity contribution in [3.05, 3.63) is 24.3 Å². The van der Waals surface area contributed by atoms with Crippen molar-refractivity contribution in [2.45, 2.75) is 56.8 Å². The van der Waals surface area contributed by atoms with Crippen molar-refractivity contribution in [1.29, 1.82) is 0 Å². The highest BCUT2D eigenvalue weighted by Crippen LogP contribution is 2.37. The SMILES string of the molecule is CCCCCCCCCN1CSc2ccccc21. The van der Waals surface area contributed by atoms with Gasteiger partial charge in [0.05, 0.1) is 11.6 Å². The molecule has 1 aromatic carbocycles. The second kappa shape index (κ2) is 7.73. The lowest BCUT2D eigenvalue weighted by molar-refractivity contribution is 0.588. The Balaban J connectivity index is 1.61. The predicted molar refractivity (Wildman–Crippen MR) is 82.5 cm³/mol. The zero-order valence-electron chi connectivity index (χ0n) is 11.5. The molecule has 0 bridgehead atoms. The second-order valence-electron chi connectivity index (χ2n) is 5.13. The lowest BCUT2D eigenvalue weighted by Crippen LogP contribution is -2.20. The van der Waals surface area contributed by atoms with Crippen molar-refractivity contribution in [3.63, 3.8) is 0 Å². The van der Waals surface area contributed by atoms with Gasteiger partial charge in [-0.3, -0.25) is 0 Å². The van der Waals surface area contributed by atoms with Crippen LogP contribution in [-0.4, -0.2) is 12.4 Å². The summed E-state index contributed by atoms with van der Waals surface area (Å²) >= 11 is 1.98. The molecule has 0 N–H and O–H groups in total. The highest BCUT2D eigenvalue weighted by Gasteiger charge is 2.17. The Kier molecular flexibility index (Phi) is 5.92. The van der Waals surface area contributed by atoms with E-state index < -0.39 is 0 Å². The van der Waals surface area contributed by atoms with Crippen LogP contribution in [0.2, 0.25) is 0 Å². The van der Waals surface area contributed by atoms with Crippen LogP contribution in [-0.2, 0) is 0 Å². The fourth-order valence-corrected chi connectivity index (χ4v) is 3.59. The lowest BCUT2D eigenvalue weighted by Gasteiger charge is -2.18. The van der Waals surface area contributed by atoms with Crippen LogP contribution in [0.5, 0.6) is 0 Å². The normalized spacial score (nSPS) is 13.9. The molecular formula is C16H25NS. The molecule has 2 heteroatoms. The van der Waals surface area contributed by atoms with E-state index in [9.17, 15) is 0 Å². The molecule has 0 fully saturated rings. The molecule has 0 radical (unpaired) electrons. The Bertz CT molecular complexity index is 351. The van der Waals surface area contributed by atoms with Gasteiger partial charge in [0.1, 0.15) is 0 Å². The van der Waals surface area contributed by atoms with Crippen LogP contribution < -0.4 is 4.90 Å². The molecule has 0 aromatic heterocycles. The molecule has 0 atom stereocenters. The fraction of sp³-hybridized carbons (Fsp3) is 0.625. The van der Waals surface area contributed by atoms with E-state index in [0.29, 0.717) is 0 Å². The summed E-state index contributed by atoms with van der Waals surface area (Å²) in [6.45, 7) is 3.51. The minimum Gasteiger partial charge on any atom is -0.361 e. The molecule has 1 aromatic rings. The van der Waals surface area contributed by atoms with E-state index in [-0.39, 0.29) is 0 Å². The number of hydrogen-bond acceptors (Lipinski definition) is 2. The number of anilines is 1. The van der Waals surface area contributed by atoms with Gasteiger partial charge >= 0.3 is 0 Å². The lowest BCUT2D eigenvalue weighted by atomic mass is 10.1. The predicted octanol–water partition coefficient (Wildman–Crippen LogP) is 5.31. The topological polar surface area (TPSA) is 3.24 Å². The Hall–Kier alpha value is -0.630. The van der Waals surface area contributed by atoms with Crippen LogP contribution >= 0.6 is 11.8 Å². The van der Waals surface area contributed by atoms with Crippen molar-refractivity contribution in [3.8, 4) is 0 Å². The quantitative estimate of drug-likeness (QED) is 0.585. The Labute approximate surface area is 116 Å². The number of unbranched alkanes of at least 4 members (excludes halogenated alkanes) is 6. The zero-order valence-corrected chi connectivity index (χ0v) is 12.3. The first kappa shape index (κ1) is 13.8. The van der Waals surface area contributed by atoms with Crippen LogP contribution in [0.4, 0.5) is 5.69 Å². The number of para-hydroxylation sites is 1. The van der Waals surface area contributed by atoms with Crippen LogP contribution in [0, 0.1) is 0 Å². The average molecular weight is 263 g/mol. The van der Waals surface area contributed by atoms with E-state index in [2.05, 4.69) is 36.1 Å². The highest BCUT2D eigenvalue weighted by atomic mass is 32.2. The first-order chi connectivity index (χ1) is 8.92. The van der Waals surface area contributed by atoms with Gasteiger partial charge < -0.3 is 4.90 Å². The maximum atomic E-state index is 2.53. The Morgan fingerprint density at radius 1 is 1.00 bits per heavy atom. The minimum absolute atomic E-state index is 1.15. The van der Waals surface area contributed by atoms with Gasteiger partial charge in [0, 0.05) is 11.4 Å². The van der Waals surface area contributed by atoms with Gasteiger partial charge in [-0.05, 0) is 18.6 Å². The average Bonchev–Trinajstić information content (AvgIpc) is 2.81. The van der Waals surface area contributed by atoms with Gasteiger partial charge in [-0.25, -0.2) is 0 Å². The summed E-state index contributed by atoms with van der Waals surface area (Å²) in [4.78, 5) is 3.99. The molecule has 1 heterocycles.